The number of hydrogen-bond acceptors (Lipinski definition) is 0. The van der Waals surface area contributed by atoms with Crippen molar-refractivity contribution in [3.05, 3.63) is 0 Å². The fraction of sp³-hybridized carbons (Fsp3) is 1.00. The van der Waals surface area contributed by atoms with Gasteiger partial charge in [-0.1, -0.05) is 67.2 Å². The second-order valence-electron chi connectivity index (χ2n) is 5.13. The van der Waals surface area contributed by atoms with Crippen molar-refractivity contribution in [1.82, 2.24) is 0 Å². The molecule has 0 saturated carbocycles. The average Bonchev–Trinajstić information content (AvgIpc) is 2.15. The van der Waals surface area contributed by atoms with Crippen molar-refractivity contribution in [3.63, 3.8) is 0 Å². The summed E-state index contributed by atoms with van der Waals surface area (Å²) in [6.45, 7) is 14.2. The smallest absolute Gasteiger partial charge is 0.0363 e. The molecule has 0 aromatic heterocycles. The summed E-state index contributed by atoms with van der Waals surface area (Å²) in [6.07, 6.45) is 5.46. The molecule has 0 aliphatic carbocycles. The van der Waals surface area contributed by atoms with Gasteiger partial charge < -0.3 is 0 Å². The van der Waals surface area contributed by atoms with E-state index in [0.29, 0.717) is 0 Å². The Labute approximate surface area is 91.5 Å². The Bertz CT molecular complexity index is 122. The van der Waals surface area contributed by atoms with E-state index in [1.54, 1.807) is 0 Å². The Morgan fingerprint density at radius 3 is 1.64 bits per heavy atom. The van der Waals surface area contributed by atoms with Gasteiger partial charge in [0, 0.05) is 0 Å². The molecule has 0 nitrogen and oxygen atoms in total. The Morgan fingerprint density at radius 2 is 1.36 bits per heavy atom. The minimum absolute atomic E-state index is 0.852. The van der Waals surface area contributed by atoms with Crippen LogP contribution >= 0.6 is 0 Å². The van der Waals surface area contributed by atoms with Crippen LogP contribution in [-0.2, 0) is 0 Å². The zero-order valence-electron chi connectivity index (χ0n) is 11.1. The zero-order valence-corrected chi connectivity index (χ0v) is 11.1. The summed E-state index contributed by atoms with van der Waals surface area (Å²) in [5.74, 6) is 3.63. The lowest BCUT2D eigenvalue weighted by Crippen LogP contribution is -2.24. The monoisotopic (exact) mass is 198 g/mol. The number of hydrogen-bond donors (Lipinski definition) is 0. The molecule has 0 fully saturated rings. The Kier molecular flexibility index (Phi) is 7.31. The van der Waals surface area contributed by atoms with E-state index in [4.69, 9.17) is 0 Å². The quantitative estimate of drug-likeness (QED) is 0.532. The Hall–Kier alpha value is 0. The summed E-state index contributed by atoms with van der Waals surface area (Å²) in [6, 6.07) is 0. The molecule has 0 aromatic rings. The number of rotatable bonds is 7. The topological polar surface area (TPSA) is 0 Å². The van der Waals surface area contributed by atoms with E-state index in [1.165, 1.54) is 25.7 Å². The molecule has 2 atom stereocenters. The van der Waals surface area contributed by atoms with Gasteiger partial charge in [0.1, 0.15) is 0 Å². The maximum atomic E-state index is 2.47. The van der Waals surface area contributed by atoms with E-state index >= 15 is 0 Å². The molecular weight excluding hydrogens is 168 g/mol. The van der Waals surface area contributed by atoms with E-state index in [-0.39, 0.29) is 0 Å². The van der Waals surface area contributed by atoms with Crippen molar-refractivity contribution in [2.75, 3.05) is 0 Å². The highest BCUT2D eigenvalue weighted by molar-refractivity contribution is 4.74. The highest BCUT2D eigenvalue weighted by atomic mass is 14.3. The van der Waals surface area contributed by atoms with Crippen LogP contribution < -0.4 is 0 Å². The standard InChI is InChI=1S/C14H30/c1-7-10-14(11(4)5)12(6)13(8-2)9-3/h11-14H,7-10H2,1-6H3. The van der Waals surface area contributed by atoms with Gasteiger partial charge in [-0.15, -0.1) is 0 Å². The Morgan fingerprint density at radius 1 is 0.857 bits per heavy atom. The third kappa shape index (κ3) is 4.02. The van der Waals surface area contributed by atoms with E-state index < -0.39 is 0 Å². The maximum absolute atomic E-state index is 2.47. The summed E-state index contributed by atoms with van der Waals surface area (Å²) < 4.78 is 0. The van der Waals surface area contributed by atoms with Gasteiger partial charge in [-0.05, 0) is 23.7 Å². The van der Waals surface area contributed by atoms with Gasteiger partial charge in [0.15, 0.2) is 0 Å². The molecular formula is C14H30. The van der Waals surface area contributed by atoms with E-state index in [1.807, 2.05) is 0 Å². The molecule has 0 aromatic carbocycles. The summed E-state index contributed by atoms with van der Waals surface area (Å²) in [7, 11) is 0. The fourth-order valence-electron chi connectivity index (χ4n) is 2.92. The lowest BCUT2D eigenvalue weighted by atomic mass is 9.73. The van der Waals surface area contributed by atoms with Crippen LogP contribution in [0.1, 0.15) is 67.2 Å². The molecule has 0 aliphatic heterocycles. The fourth-order valence-corrected chi connectivity index (χ4v) is 2.92. The molecule has 0 aliphatic rings. The molecule has 86 valence electrons. The predicted molar refractivity (Wildman–Crippen MR) is 66.5 cm³/mol. The molecule has 0 heteroatoms. The van der Waals surface area contributed by atoms with Gasteiger partial charge in [-0.2, -0.15) is 0 Å². The van der Waals surface area contributed by atoms with E-state index in [2.05, 4.69) is 41.5 Å². The summed E-state index contributed by atoms with van der Waals surface area (Å²) in [4.78, 5) is 0. The summed E-state index contributed by atoms with van der Waals surface area (Å²) >= 11 is 0. The van der Waals surface area contributed by atoms with Crippen LogP contribution in [0.15, 0.2) is 0 Å². The molecule has 0 rings (SSSR count). The van der Waals surface area contributed by atoms with Crippen LogP contribution in [0.2, 0.25) is 0 Å². The van der Waals surface area contributed by atoms with Crippen molar-refractivity contribution in [3.8, 4) is 0 Å². The molecule has 0 heterocycles. The van der Waals surface area contributed by atoms with Crippen molar-refractivity contribution in [2.45, 2.75) is 67.2 Å². The van der Waals surface area contributed by atoms with Crippen molar-refractivity contribution in [1.29, 1.82) is 0 Å². The van der Waals surface area contributed by atoms with Crippen molar-refractivity contribution >= 4 is 0 Å². The van der Waals surface area contributed by atoms with Crippen LogP contribution in [0.5, 0.6) is 0 Å². The van der Waals surface area contributed by atoms with Crippen LogP contribution in [0.3, 0.4) is 0 Å². The average molecular weight is 198 g/mol. The molecule has 2 unspecified atom stereocenters. The maximum Gasteiger partial charge on any atom is -0.0363 e. The molecule has 0 N–H and O–H groups in total. The molecule has 0 saturated heterocycles. The third-order valence-electron chi connectivity index (χ3n) is 3.95. The second kappa shape index (κ2) is 7.31. The Balaban J connectivity index is 4.32. The van der Waals surface area contributed by atoms with Crippen LogP contribution in [-0.4, -0.2) is 0 Å². The van der Waals surface area contributed by atoms with E-state index in [9.17, 15) is 0 Å². The zero-order chi connectivity index (χ0) is 11.1. The van der Waals surface area contributed by atoms with Gasteiger partial charge in [-0.3, -0.25) is 0 Å². The van der Waals surface area contributed by atoms with Crippen LogP contribution in [0, 0.1) is 23.7 Å². The molecule has 14 heavy (non-hydrogen) atoms. The van der Waals surface area contributed by atoms with Crippen molar-refractivity contribution < 1.29 is 0 Å². The van der Waals surface area contributed by atoms with E-state index in [0.717, 1.165) is 23.7 Å². The summed E-state index contributed by atoms with van der Waals surface area (Å²) in [5, 5.41) is 0. The SMILES string of the molecule is CCCC(C(C)C)C(C)C(CC)CC. The van der Waals surface area contributed by atoms with Crippen molar-refractivity contribution in [2.24, 2.45) is 23.7 Å². The lowest BCUT2D eigenvalue weighted by molar-refractivity contribution is 0.173. The molecule has 0 bridgehead atoms. The molecule has 0 radical (unpaired) electrons. The van der Waals surface area contributed by atoms with Gasteiger partial charge in [-0.25, -0.2) is 0 Å². The second-order valence-corrected chi connectivity index (χ2v) is 5.13. The predicted octanol–water partition coefficient (Wildman–Crippen LogP) is 5.13. The van der Waals surface area contributed by atoms with Gasteiger partial charge in [0.2, 0.25) is 0 Å². The first kappa shape index (κ1) is 14.0. The van der Waals surface area contributed by atoms with Gasteiger partial charge >= 0.3 is 0 Å². The first-order valence-corrected chi connectivity index (χ1v) is 6.58. The van der Waals surface area contributed by atoms with Gasteiger partial charge in [0.05, 0.1) is 0 Å². The summed E-state index contributed by atoms with van der Waals surface area (Å²) in [5.41, 5.74) is 0. The van der Waals surface area contributed by atoms with Crippen LogP contribution in [0.4, 0.5) is 0 Å². The normalized spacial score (nSPS) is 16.3. The minimum atomic E-state index is 0.852. The third-order valence-corrected chi connectivity index (χ3v) is 3.95. The minimum Gasteiger partial charge on any atom is -0.0654 e. The lowest BCUT2D eigenvalue weighted by Gasteiger charge is -2.32. The highest BCUT2D eigenvalue weighted by Crippen LogP contribution is 2.33. The molecule has 0 amide bonds. The van der Waals surface area contributed by atoms with Gasteiger partial charge in [0.25, 0.3) is 0 Å². The first-order valence-electron chi connectivity index (χ1n) is 6.58. The largest absolute Gasteiger partial charge is 0.0654 e. The first-order chi connectivity index (χ1) is 6.58. The van der Waals surface area contributed by atoms with Crippen LogP contribution in [0.25, 0.3) is 0 Å². The molecule has 0 spiro atoms. The highest BCUT2D eigenvalue weighted by Gasteiger charge is 2.24.